The Balaban J connectivity index is 2.20. The van der Waals surface area contributed by atoms with Gasteiger partial charge in [-0.05, 0) is 54.2 Å². The van der Waals surface area contributed by atoms with E-state index in [9.17, 15) is 0 Å². The summed E-state index contributed by atoms with van der Waals surface area (Å²) in [5, 5.41) is 8.58. The number of hydrogen-bond donors (Lipinski definition) is 1. The van der Waals surface area contributed by atoms with Crippen LogP contribution in [0.25, 0.3) is 11.1 Å². The SMILES string of the molecule is Cc1cnccc1-c1cccc([C@@H](N)CCCC#N)c1. The first kappa shape index (κ1) is 14.2. The summed E-state index contributed by atoms with van der Waals surface area (Å²) in [6.07, 6.45) is 5.93. The minimum Gasteiger partial charge on any atom is -0.324 e. The van der Waals surface area contributed by atoms with Crippen LogP contribution in [0.15, 0.2) is 42.7 Å². The van der Waals surface area contributed by atoms with E-state index in [-0.39, 0.29) is 6.04 Å². The number of pyridine rings is 1. The Kier molecular flexibility index (Phi) is 4.86. The van der Waals surface area contributed by atoms with E-state index in [0.717, 1.165) is 29.5 Å². The molecule has 3 heteroatoms. The predicted octanol–water partition coefficient (Wildman–Crippen LogP) is 3.75. The highest BCUT2D eigenvalue weighted by Crippen LogP contribution is 2.26. The van der Waals surface area contributed by atoms with Crippen LogP contribution in [0.3, 0.4) is 0 Å². The number of nitrogens with zero attached hydrogens (tertiary/aromatic N) is 2. The molecule has 0 aliphatic carbocycles. The second-order valence-corrected chi connectivity index (χ2v) is 4.97. The van der Waals surface area contributed by atoms with Gasteiger partial charge in [-0.15, -0.1) is 0 Å². The molecule has 1 heterocycles. The molecule has 0 saturated heterocycles. The maximum Gasteiger partial charge on any atom is 0.0621 e. The summed E-state index contributed by atoms with van der Waals surface area (Å²) in [5.41, 5.74) is 10.8. The Labute approximate surface area is 120 Å². The molecule has 0 aliphatic rings. The van der Waals surface area contributed by atoms with Crippen LogP contribution in [-0.2, 0) is 0 Å². The molecule has 0 bridgehead atoms. The van der Waals surface area contributed by atoms with Crippen LogP contribution in [0, 0.1) is 18.3 Å². The van der Waals surface area contributed by atoms with Crippen molar-refractivity contribution < 1.29 is 0 Å². The highest BCUT2D eigenvalue weighted by Gasteiger charge is 2.08. The summed E-state index contributed by atoms with van der Waals surface area (Å²) >= 11 is 0. The average molecular weight is 265 g/mol. The lowest BCUT2D eigenvalue weighted by atomic mass is 9.96. The van der Waals surface area contributed by atoms with E-state index < -0.39 is 0 Å². The normalized spacial score (nSPS) is 11.8. The van der Waals surface area contributed by atoms with Gasteiger partial charge in [-0.1, -0.05) is 18.2 Å². The third kappa shape index (κ3) is 3.43. The minimum atomic E-state index is -0.00885. The zero-order chi connectivity index (χ0) is 14.4. The van der Waals surface area contributed by atoms with E-state index in [1.54, 1.807) is 0 Å². The fraction of sp³-hybridized carbons (Fsp3) is 0.294. The Hall–Kier alpha value is -2.18. The number of nitriles is 1. The number of nitrogens with two attached hydrogens (primary N) is 1. The Bertz CT molecular complexity index is 614. The maximum absolute atomic E-state index is 8.58. The Morgan fingerprint density at radius 2 is 2.20 bits per heavy atom. The van der Waals surface area contributed by atoms with Crippen molar-refractivity contribution in [2.24, 2.45) is 5.73 Å². The third-order valence-corrected chi connectivity index (χ3v) is 3.45. The molecule has 0 radical (unpaired) electrons. The van der Waals surface area contributed by atoms with Crippen molar-refractivity contribution in [1.29, 1.82) is 5.26 Å². The first-order valence-corrected chi connectivity index (χ1v) is 6.86. The smallest absolute Gasteiger partial charge is 0.0621 e. The molecule has 1 atom stereocenters. The van der Waals surface area contributed by atoms with E-state index in [1.165, 1.54) is 5.56 Å². The van der Waals surface area contributed by atoms with Gasteiger partial charge in [0, 0.05) is 24.9 Å². The van der Waals surface area contributed by atoms with E-state index in [1.807, 2.05) is 24.5 Å². The van der Waals surface area contributed by atoms with Gasteiger partial charge in [0.1, 0.15) is 0 Å². The van der Waals surface area contributed by atoms with Crippen molar-refractivity contribution in [3.05, 3.63) is 53.9 Å². The summed E-state index contributed by atoms with van der Waals surface area (Å²) in [6.45, 7) is 2.06. The van der Waals surface area contributed by atoms with Crippen molar-refractivity contribution >= 4 is 0 Å². The molecule has 1 aromatic carbocycles. The molecule has 0 saturated carbocycles. The molecule has 0 unspecified atom stereocenters. The van der Waals surface area contributed by atoms with Crippen LogP contribution in [0.4, 0.5) is 0 Å². The lowest BCUT2D eigenvalue weighted by molar-refractivity contribution is 0.620. The third-order valence-electron chi connectivity index (χ3n) is 3.45. The Morgan fingerprint density at radius 1 is 1.35 bits per heavy atom. The topological polar surface area (TPSA) is 62.7 Å². The molecule has 0 spiro atoms. The molecular weight excluding hydrogens is 246 g/mol. The first-order chi connectivity index (χ1) is 9.72. The number of unbranched alkanes of at least 4 members (excludes halogenated alkanes) is 1. The average Bonchev–Trinajstić information content (AvgIpc) is 2.48. The van der Waals surface area contributed by atoms with Gasteiger partial charge in [0.2, 0.25) is 0 Å². The van der Waals surface area contributed by atoms with Crippen LogP contribution in [-0.4, -0.2) is 4.98 Å². The number of rotatable bonds is 5. The van der Waals surface area contributed by atoms with E-state index >= 15 is 0 Å². The molecule has 2 N–H and O–H groups in total. The van der Waals surface area contributed by atoms with Crippen LogP contribution < -0.4 is 5.73 Å². The summed E-state index contributed by atoms with van der Waals surface area (Å²) < 4.78 is 0. The molecular formula is C17H19N3. The highest BCUT2D eigenvalue weighted by atomic mass is 14.6. The highest BCUT2D eigenvalue weighted by molar-refractivity contribution is 5.67. The van der Waals surface area contributed by atoms with Crippen molar-refractivity contribution in [1.82, 2.24) is 4.98 Å². The molecule has 102 valence electrons. The monoisotopic (exact) mass is 265 g/mol. The number of benzene rings is 1. The molecule has 3 nitrogen and oxygen atoms in total. The first-order valence-electron chi connectivity index (χ1n) is 6.86. The fourth-order valence-electron chi connectivity index (χ4n) is 2.30. The zero-order valence-corrected chi connectivity index (χ0v) is 11.7. The van der Waals surface area contributed by atoms with Crippen LogP contribution in [0.1, 0.15) is 36.4 Å². The van der Waals surface area contributed by atoms with Crippen molar-refractivity contribution in [3.63, 3.8) is 0 Å². The molecule has 2 rings (SSSR count). The number of hydrogen-bond acceptors (Lipinski definition) is 3. The summed E-state index contributed by atoms with van der Waals surface area (Å²) in [6, 6.07) is 12.5. The lowest BCUT2D eigenvalue weighted by Crippen LogP contribution is -2.10. The summed E-state index contributed by atoms with van der Waals surface area (Å²) in [5.74, 6) is 0. The van der Waals surface area contributed by atoms with Crippen molar-refractivity contribution in [2.75, 3.05) is 0 Å². The fourth-order valence-corrected chi connectivity index (χ4v) is 2.30. The van der Waals surface area contributed by atoms with Crippen molar-refractivity contribution in [3.8, 4) is 17.2 Å². The lowest BCUT2D eigenvalue weighted by Gasteiger charge is -2.13. The van der Waals surface area contributed by atoms with Gasteiger partial charge in [-0.3, -0.25) is 4.98 Å². The van der Waals surface area contributed by atoms with Gasteiger partial charge >= 0.3 is 0 Å². The predicted molar refractivity (Wildman–Crippen MR) is 80.8 cm³/mol. The number of aryl methyl sites for hydroxylation is 1. The van der Waals surface area contributed by atoms with Crippen LogP contribution in [0.2, 0.25) is 0 Å². The van der Waals surface area contributed by atoms with Crippen LogP contribution in [0.5, 0.6) is 0 Å². The maximum atomic E-state index is 8.58. The second kappa shape index (κ2) is 6.83. The second-order valence-electron chi connectivity index (χ2n) is 4.97. The molecule has 2 aromatic rings. The Morgan fingerprint density at radius 3 is 2.95 bits per heavy atom. The standard InChI is InChI=1S/C17H19N3/c1-13-12-20-10-8-16(13)14-5-4-6-15(11-14)17(19)7-2-3-9-18/h4-6,8,10-12,17H,2-3,7,19H2,1H3/t17-/m0/s1. The quantitative estimate of drug-likeness (QED) is 0.837. The molecule has 0 fully saturated rings. The van der Waals surface area contributed by atoms with Gasteiger partial charge in [0.05, 0.1) is 6.07 Å². The molecule has 20 heavy (non-hydrogen) atoms. The van der Waals surface area contributed by atoms with Gasteiger partial charge in [0.25, 0.3) is 0 Å². The van der Waals surface area contributed by atoms with Gasteiger partial charge < -0.3 is 5.73 Å². The van der Waals surface area contributed by atoms with Crippen molar-refractivity contribution in [2.45, 2.75) is 32.2 Å². The summed E-state index contributed by atoms with van der Waals surface area (Å²) in [4.78, 5) is 4.12. The van der Waals surface area contributed by atoms with Gasteiger partial charge in [0.15, 0.2) is 0 Å². The van der Waals surface area contributed by atoms with Gasteiger partial charge in [-0.25, -0.2) is 0 Å². The largest absolute Gasteiger partial charge is 0.324 e. The zero-order valence-electron chi connectivity index (χ0n) is 11.7. The van der Waals surface area contributed by atoms with Gasteiger partial charge in [-0.2, -0.15) is 5.26 Å². The summed E-state index contributed by atoms with van der Waals surface area (Å²) in [7, 11) is 0. The number of aromatic nitrogens is 1. The van der Waals surface area contributed by atoms with Crippen LogP contribution >= 0.6 is 0 Å². The molecule has 0 amide bonds. The minimum absolute atomic E-state index is 0.00885. The van der Waals surface area contributed by atoms with E-state index in [0.29, 0.717) is 6.42 Å². The molecule has 1 aromatic heterocycles. The van der Waals surface area contributed by atoms with E-state index in [4.69, 9.17) is 11.0 Å². The molecule has 0 aliphatic heterocycles. The van der Waals surface area contributed by atoms with E-state index in [2.05, 4.69) is 36.2 Å².